The number of amides is 1. The molecule has 2 aliphatic carbocycles. The van der Waals surface area contributed by atoms with Gasteiger partial charge in [0.25, 0.3) is 0 Å². The second-order valence-corrected chi connectivity index (χ2v) is 11.9. The number of nitrogens with one attached hydrogen (secondary N) is 3. The number of sulfonamides is 1. The maximum Gasteiger partial charge on any atom is 0.416 e. The molecule has 0 bridgehead atoms. The maximum atomic E-state index is 13.2. The zero-order valence-electron chi connectivity index (χ0n) is 21.2. The van der Waals surface area contributed by atoms with Crippen LogP contribution in [0, 0.1) is 0 Å². The van der Waals surface area contributed by atoms with Gasteiger partial charge in [-0.15, -0.1) is 0 Å². The van der Waals surface area contributed by atoms with E-state index in [-0.39, 0.29) is 18.4 Å². The third kappa shape index (κ3) is 6.87. The summed E-state index contributed by atoms with van der Waals surface area (Å²) in [5.74, 6) is -0.354. The number of carbonyl (C=O) groups excluding carboxylic acids is 1. The predicted molar refractivity (Wildman–Crippen MR) is 141 cm³/mol. The molecule has 1 saturated carbocycles. The first-order valence-corrected chi connectivity index (χ1v) is 14.5. The fraction of sp³-hybridized carbons (Fsp3) is 0.345. The molecule has 0 radical (unpaired) electrons. The topological polar surface area (TPSA) is 87.3 Å². The average Bonchev–Trinajstić information content (AvgIpc) is 3.67. The van der Waals surface area contributed by atoms with Crippen molar-refractivity contribution in [2.75, 3.05) is 0 Å². The van der Waals surface area contributed by atoms with E-state index in [9.17, 15) is 26.4 Å². The summed E-state index contributed by atoms with van der Waals surface area (Å²) >= 11 is 0. The average molecular weight is 558 g/mol. The van der Waals surface area contributed by atoms with Crippen LogP contribution in [0.25, 0.3) is 0 Å². The molecule has 39 heavy (non-hydrogen) atoms. The largest absolute Gasteiger partial charge is 0.416 e. The summed E-state index contributed by atoms with van der Waals surface area (Å²) in [5, 5.41) is 6.54. The minimum absolute atomic E-state index is 0.186. The third-order valence-corrected chi connectivity index (χ3v) is 8.62. The monoisotopic (exact) mass is 557 g/mol. The molecule has 3 aromatic carbocycles. The van der Waals surface area contributed by atoms with E-state index < -0.39 is 32.7 Å². The highest BCUT2D eigenvalue weighted by Gasteiger charge is 2.33. The Balaban J connectivity index is 1.29. The van der Waals surface area contributed by atoms with E-state index in [4.69, 9.17) is 0 Å². The van der Waals surface area contributed by atoms with Crippen LogP contribution in [-0.4, -0.2) is 20.4 Å². The van der Waals surface area contributed by atoms with Crippen LogP contribution in [-0.2, 0) is 34.0 Å². The van der Waals surface area contributed by atoms with E-state index in [1.165, 1.54) is 24.0 Å². The van der Waals surface area contributed by atoms with Gasteiger partial charge in [0.05, 0.1) is 22.5 Å². The fourth-order valence-electron chi connectivity index (χ4n) is 4.93. The van der Waals surface area contributed by atoms with E-state index in [1.54, 1.807) is 30.3 Å². The first-order chi connectivity index (χ1) is 18.6. The van der Waals surface area contributed by atoms with Crippen molar-refractivity contribution >= 4 is 15.9 Å². The molecule has 1 unspecified atom stereocenters. The van der Waals surface area contributed by atoms with Crippen molar-refractivity contribution < 1.29 is 26.4 Å². The van der Waals surface area contributed by atoms with Crippen LogP contribution in [0.2, 0.25) is 0 Å². The number of rotatable bonds is 10. The summed E-state index contributed by atoms with van der Waals surface area (Å²) in [5.41, 5.74) is 2.92. The molecule has 10 heteroatoms. The highest BCUT2D eigenvalue weighted by atomic mass is 32.2. The summed E-state index contributed by atoms with van der Waals surface area (Å²) in [6.45, 7) is 0.819. The minimum Gasteiger partial charge on any atom is -0.349 e. The van der Waals surface area contributed by atoms with E-state index in [1.807, 2.05) is 6.07 Å². The number of hydrogen-bond acceptors (Lipinski definition) is 4. The van der Waals surface area contributed by atoms with Gasteiger partial charge < -0.3 is 10.6 Å². The SMILES string of the molecule is O=C(CC(NS(=O)(=O)c1cccc(C(F)(F)F)c1)c1ccccc1)N[C@@H]1CCc2cc(CNC3CC3)ccc21. The van der Waals surface area contributed by atoms with Gasteiger partial charge in [0, 0.05) is 19.0 Å². The summed E-state index contributed by atoms with van der Waals surface area (Å²) in [4.78, 5) is 12.6. The Morgan fingerprint density at radius 1 is 0.949 bits per heavy atom. The van der Waals surface area contributed by atoms with Crippen LogP contribution in [0.5, 0.6) is 0 Å². The third-order valence-electron chi connectivity index (χ3n) is 7.15. The second-order valence-electron chi connectivity index (χ2n) is 10.2. The van der Waals surface area contributed by atoms with Gasteiger partial charge in [-0.25, -0.2) is 13.1 Å². The minimum atomic E-state index is -4.68. The van der Waals surface area contributed by atoms with Crippen molar-refractivity contribution in [1.82, 2.24) is 15.4 Å². The van der Waals surface area contributed by atoms with Gasteiger partial charge in [0.15, 0.2) is 0 Å². The Labute approximate surface area is 226 Å². The summed E-state index contributed by atoms with van der Waals surface area (Å²) in [6.07, 6.45) is -0.875. The zero-order chi connectivity index (χ0) is 27.6. The van der Waals surface area contributed by atoms with Crippen LogP contribution in [0.4, 0.5) is 13.2 Å². The lowest BCUT2D eigenvalue weighted by Gasteiger charge is -2.21. The van der Waals surface area contributed by atoms with Crippen LogP contribution in [0.15, 0.2) is 77.7 Å². The molecule has 2 aliphatic rings. The molecule has 0 aliphatic heterocycles. The highest BCUT2D eigenvalue weighted by molar-refractivity contribution is 7.89. The molecule has 0 heterocycles. The van der Waals surface area contributed by atoms with E-state index in [0.717, 1.165) is 43.1 Å². The van der Waals surface area contributed by atoms with E-state index in [2.05, 4.69) is 27.5 Å². The number of aryl methyl sites for hydroxylation is 1. The highest BCUT2D eigenvalue weighted by Crippen LogP contribution is 2.33. The Morgan fingerprint density at radius 3 is 2.44 bits per heavy atom. The van der Waals surface area contributed by atoms with Crippen molar-refractivity contribution in [3.63, 3.8) is 0 Å². The molecule has 3 aromatic rings. The lowest BCUT2D eigenvalue weighted by atomic mass is 10.0. The lowest BCUT2D eigenvalue weighted by Crippen LogP contribution is -2.35. The lowest BCUT2D eigenvalue weighted by molar-refractivity contribution is -0.137. The standard InChI is InChI=1S/C29H30F3N3O3S/c30-29(31,32)22-7-4-8-24(16-22)39(37,38)35-27(20-5-2-1-3-6-20)17-28(36)34-26-14-10-21-15-19(9-13-25(21)26)18-33-23-11-12-23/h1-9,13,15-16,23,26-27,33,35H,10-12,14,17-18H2,(H,34,36)/t26-,27?/m1/s1. The molecule has 0 aromatic heterocycles. The first-order valence-electron chi connectivity index (χ1n) is 13.0. The Morgan fingerprint density at radius 2 is 1.72 bits per heavy atom. The Hall–Kier alpha value is -3.21. The van der Waals surface area contributed by atoms with E-state index >= 15 is 0 Å². The fourth-order valence-corrected chi connectivity index (χ4v) is 6.20. The summed E-state index contributed by atoms with van der Waals surface area (Å²) in [7, 11) is -4.36. The molecule has 6 nitrogen and oxygen atoms in total. The van der Waals surface area contributed by atoms with Crippen molar-refractivity contribution in [2.45, 2.75) is 67.8 Å². The number of benzene rings is 3. The van der Waals surface area contributed by atoms with Crippen molar-refractivity contribution in [3.8, 4) is 0 Å². The van der Waals surface area contributed by atoms with Gasteiger partial charge in [0.1, 0.15) is 0 Å². The van der Waals surface area contributed by atoms with Crippen LogP contribution >= 0.6 is 0 Å². The number of carbonyl (C=O) groups is 1. The zero-order valence-corrected chi connectivity index (χ0v) is 22.0. The normalized spacial score (nSPS) is 18.0. The van der Waals surface area contributed by atoms with Gasteiger partial charge in [-0.1, -0.05) is 54.6 Å². The molecule has 0 spiro atoms. The van der Waals surface area contributed by atoms with Gasteiger partial charge in [-0.3, -0.25) is 4.79 Å². The van der Waals surface area contributed by atoms with Gasteiger partial charge >= 0.3 is 6.18 Å². The Kier molecular flexibility index (Phi) is 7.80. The quantitative estimate of drug-likeness (QED) is 0.321. The summed E-state index contributed by atoms with van der Waals surface area (Å²) < 4.78 is 68.2. The second kappa shape index (κ2) is 11.1. The molecular weight excluding hydrogens is 527 g/mol. The molecular formula is C29H30F3N3O3S. The Bertz CT molecular complexity index is 1440. The van der Waals surface area contributed by atoms with Gasteiger partial charge in [0.2, 0.25) is 15.9 Å². The van der Waals surface area contributed by atoms with Gasteiger partial charge in [-0.2, -0.15) is 13.2 Å². The molecule has 5 rings (SSSR count). The molecule has 2 atom stereocenters. The van der Waals surface area contributed by atoms with Gasteiger partial charge in [-0.05, 0) is 66.1 Å². The molecule has 0 saturated heterocycles. The maximum absolute atomic E-state index is 13.2. The number of halogens is 3. The van der Waals surface area contributed by atoms with Crippen molar-refractivity contribution in [1.29, 1.82) is 0 Å². The van der Waals surface area contributed by atoms with Crippen LogP contribution in [0.1, 0.15) is 65.6 Å². The van der Waals surface area contributed by atoms with Crippen molar-refractivity contribution in [2.24, 2.45) is 0 Å². The molecule has 1 fully saturated rings. The molecule has 3 N–H and O–H groups in total. The summed E-state index contributed by atoms with van der Waals surface area (Å²) in [6, 6.07) is 17.8. The number of hydrogen-bond donors (Lipinski definition) is 3. The molecule has 1 amide bonds. The number of fused-ring (bicyclic) bond motifs is 1. The molecule has 206 valence electrons. The number of alkyl halides is 3. The van der Waals surface area contributed by atoms with Crippen molar-refractivity contribution in [3.05, 3.63) is 101 Å². The first kappa shape index (κ1) is 27.4. The smallest absolute Gasteiger partial charge is 0.349 e. The predicted octanol–water partition coefficient (Wildman–Crippen LogP) is 5.17. The van der Waals surface area contributed by atoms with E-state index in [0.29, 0.717) is 17.7 Å². The van der Waals surface area contributed by atoms with Crippen LogP contribution < -0.4 is 15.4 Å². The van der Waals surface area contributed by atoms with Crippen LogP contribution in [0.3, 0.4) is 0 Å².